The lowest BCUT2D eigenvalue weighted by molar-refractivity contribution is -0.137. The fourth-order valence-corrected chi connectivity index (χ4v) is 2.71. The maximum absolute atomic E-state index is 12.6. The number of rotatable bonds is 4. The van der Waals surface area contributed by atoms with Gasteiger partial charge in [0.25, 0.3) is 5.91 Å². The number of pyridine rings is 1. The molecule has 144 valence electrons. The van der Waals surface area contributed by atoms with E-state index in [1.54, 1.807) is 29.2 Å². The standard InChI is InChI=1S/C17H13F3N6O2/c18-17(19,20)12-4-5-15(21-7-12)28-14-8-25(9-14)16(27)11-2-1-3-13(6-11)26-10-22-23-24-26/h1-7,10,14H,8-9H2. The summed E-state index contributed by atoms with van der Waals surface area (Å²) >= 11 is 0. The molecule has 0 bridgehead atoms. The summed E-state index contributed by atoms with van der Waals surface area (Å²) in [4.78, 5) is 17.8. The van der Waals surface area contributed by atoms with Gasteiger partial charge in [0.1, 0.15) is 12.4 Å². The molecule has 8 nitrogen and oxygen atoms in total. The van der Waals surface area contributed by atoms with Gasteiger partial charge < -0.3 is 9.64 Å². The number of aromatic nitrogens is 5. The van der Waals surface area contributed by atoms with Crippen LogP contribution < -0.4 is 4.74 Å². The van der Waals surface area contributed by atoms with Crippen molar-refractivity contribution in [3.05, 3.63) is 60.0 Å². The molecule has 1 aliphatic rings. The van der Waals surface area contributed by atoms with Crippen LogP contribution in [0.2, 0.25) is 0 Å². The fraction of sp³-hybridized carbons (Fsp3) is 0.235. The molecule has 0 aliphatic carbocycles. The van der Waals surface area contributed by atoms with Gasteiger partial charge in [0.05, 0.1) is 24.3 Å². The second-order valence-electron chi connectivity index (χ2n) is 6.14. The SMILES string of the molecule is O=C(c1cccc(-n2cnnn2)c1)N1CC(Oc2ccc(C(F)(F)F)cn2)C1. The zero-order chi connectivity index (χ0) is 19.7. The van der Waals surface area contributed by atoms with Gasteiger partial charge in [-0.05, 0) is 34.7 Å². The number of benzene rings is 1. The number of amides is 1. The van der Waals surface area contributed by atoms with E-state index in [1.165, 1.54) is 17.1 Å². The van der Waals surface area contributed by atoms with Crippen LogP contribution in [0, 0.1) is 0 Å². The Balaban J connectivity index is 1.35. The molecule has 0 spiro atoms. The molecular formula is C17H13F3N6O2. The van der Waals surface area contributed by atoms with Crippen LogP contribution in [0.1, 0.15) is 15.9 Å². The topological polar surface area (TPSA) is 86.0 Å². The van der Waals surface area contributed by atoms with Crippen LogP contribution >= 0.6 is 0 Å². The van der Waals surface area contributed by atoms with Crippen LogP contribution in [-0.2, 0) is 6.18 Å². The zero-order valence-electron chi connectivity index (χ0n) is 14.2. The van der Waals surface area contributed by atoms with Crippen molar-refractivity contribution in [1.82, 2.24) is 30.1 Å². The first-order valence-electron chi connectivity index (χ1n) is 8.23. The Labute approximate surface area is 156 Å². The molecule has 28 heavy (non-hydrogen) atoms. The van der Waals surface area contributed by atoms with E-state index in [4.69, 9.17) is 4.74 Å². The Morgan fingerprint density at radius 3 is 2.64 bits per heavy atom. The summed E-state index contributed by atoms with van der Waals surface area (Å²) in [7, 11) is 0. The molecule has 4 rings (SSSR count). The number of tetrazole rings is 1. The van der Waals surface area contributed by atoms with Gasteiger partial charge in [0.15, 0.2) is 0 Å². The Morgan fingerprint density at radius 2 is 2.00 bits per heavy atom. The highest BCUT2D eigenvalue weighted by Gasteiger charge is 2.34. The van der Waals surface area contributed by atoms with Crippen molar-refractivity contribution in [2.24, 2.45) is 0 Å². The van der Waals surface area contributed by atoms with Crippen LogP contribution in [0.5, 0.6) is 5.88 Å². The van der Waals surface area contributed by atoms with Crippen molar-refractivity contribution < 1.29 is 22.7 Å². The van der Waals surface area contributed by atoms with Gasteiger partial charge in [-0.15, -0.1) is 5.10 Å². The van der Waals surface area contributed by atoms with Gasteiger partial charge in [-0.2, -0.15) is 13.2 Å². The van der Waals surface area contributed by atoms with Crippen molar-refractivity contribution in [3.63, 3.8) is 0 Å². The fourth-order valence-electron chi connectivity index (χ4n) is 2.71. The number of alkyl halides is 3. The van der Waals surface area contributed by atoms with Crippen molar-refractivity contribution in [1.29, 1.82) is 0 Å². The van der Waals surface area contributed by atoms with Gasteiger partial charge in [-0.1, -0.05) is 6.07 Å². The average molecular weight is 390 g/mol. The second kappa shape index (κ2) is 6.91. The number of hydrogen-bond acceptors (Lipinski definition) is 6. The smallest absolute Gasteiger partial charge is 0.417 e. The number of likely N-dealkylation sites (tertiary alicyclic amines) is 1. The van der Waals surface area contributed by atoms with E-state index >= 15 is 0 Å². The van der Waals surface area contributed by atoms with Crippen LogP contribution in [0.15, 0.2) is 48.9 Å². The summed E-state index contributed by atoms with van der Waals surface area (Å²) in [6, 6.07) is 8.93. The quantitative estimate of drug-likeness (QED) is 0.677. The lowest BCUT2D eigenvalue weighted by Gasteiger charge is -2.38. The lowest BCUT2D eigenvalue weighted by atomic mass is 10.1. The molecule has 0 unspecified atom stereocenters. The third-order valence-corrected chi connectivity index (χ3v) is 4.19. The second-order valence-corrected chi connectivity index (χ2v) is 6.14. The van der Waals surface area contributed by atoms with Crippen LogP contribution in [-0.4, -0.2) is 55.2 Å². The van der Waals surface area contributed by atoms with E-state index < -0.39 is 11.7 Å². The molecule has 1 amide bonds. The third-order valence-electron chi connectivity index (χ3n) is 4.19. The number of hydrogen-bond donors (Lipinski definition) is 0. The minimum Gasteiger partial charge on any atom is -0.471 e. The summed E-state index contributed by atoms with van der Waals surface area (Å²) in [5.41, 5.74) is 0.282. The highest BCUT2D eigenvalue weighted by Crippen LogP contribution is 2.29. The molecule has 1 saturated heterocycles. The third kappa shape index (κ3) is 3.63. The first-order valence-corrected chi connectivity index (χ1v) is 8.23. The molecular weight excluding hydrogens is 377 g/mol. The monoisotopic (exact) mass is 390 g/mol. The molecule has 3 aromatic rings. The largest absolute Gasteiger partial charge is 0.471 e. The Morgan fingerprint density at radius 1 is 1.18 bits per heavy atom. The van der Waals surface area contributed by atoms with Crippen LogP contribution in [0.25, 0.3) is 5.69 Å². The highest BCUT2D eigenvalue weighted by molar-refractivity contribution is 5.95. The summed E-state index contributed by atoms with van der Waals surface area (Å²) in [5.74, 6) is -0.0964. The molecule has 1 aromatic carbocycles. The van der Waals surface area contributed by atoms with E-state index in [-0.39, 0.29) is 17.9 Å². The van der Waals surface area contributed by atoms with Crippen LogP contribution in [0.4, 0.5) is 13.2 Å². The van der Waals surface area contributed by atoms with E-state index in [0.717, 1.165) is 12.3 Å². The molecule has 0 atom stereocenters. The van der Waals surface area contributed by atoms with Crippen molar-refractivity contribution in [2.45, 2.75) is 12.3 Å². The Kier molecular flexibility index (Phi) is 4.41. The van der Waals surface area contributed by atoms with E-state index in [2.05, 4.69) is 20.5 Å². The van der Waals surface area contributed by atoms with E-state index in [9.17, 15) is 18.0 Å². The molecule has 3 heterocycles. The average Bonchev–Trinajstić information content (AvgIpc) is 3.18. The minimum absolute atomic E-state index is 0.0887. The van der Waals surface area contributed by atoms with Gasteiger partial charge in [0, 0.05) is 17.8 Å². The molecule has 0 saturated carbocycles. The minimum atomic E-state index is -4.44. The number of carbonyl (C=O) groups excluding carboxylic acids is 1. The zero-order valence-corrected chi connectivity index (χ0v) is 14.2. The molecule has 11 heteroatoms. The molecule has 1 aliphatic heterocycles. The molecule has 0 N–H and O–H groups in total. The van der Waals surface area contributed by atoms with Gasteiger partial charge in [-0.25, -0.2) is 9.67 Å². The van der Waals surface area contributed by atoms with E-state index in [0.29, 0.717) is 24.3 Å². The van der Waals surface area contributed by atoms with E-state index in [1.807, 2.05) is 0 Å². The predicted octanol–water partition coefficient (Wildman–Crippen LogP) is 1.98. The number of nitrogens with zero attached hydrogens (tertiary/aromatic N) is 6. The molecule has 2 aromatic heterocycles. The number of ether oxygens (including phenoxy) is 1. The summed E-state index contributed by atoms with van der Waals surface area (Å²) in [6.07, 6.45) is -2.62. The Hall–Kier alpha value is -3.50. The van der Waals surface area contributed by atoms with Crippen molar-refractivity contribution >= 4 is 5.91 Å². The predicted molar refractivity (Wildman–Crippen MR) is 88.7 cm³/mol. The molecule has 1 fully saturated rings. The molecule has 0 radical (unpaired) electrons. The lowest BCUT2D eigenvalue weighted by Crippen LogP contribution is -2.56. The highest BCUT2D eigenvalue weighted by atomic mass is 19.4. The van der Waals surface area contributed by atoms with Gasteiger partial charge in [0.2, 0.25) is 5.88 Å². The maximum atomic E-state index is 12.6. The number of halogens is 3. The normalized spacial score (nSPS) is 14.6. The maximum Gasteiger partial charge on any atom is 0.417 e. The van der Waals surface area contributed by atoms with Gasteiger partial charge >= 0.3 is 6.18 Å². The van der Waals surface area contributed by atoms with Crippen molar-refractivity contribution in [2.75, 3.05) is 13.1 Å². The first kappa shape index (κ1) is 17.9. The summed E-state index contributed by atoms with van der Waals surface area (Å²) in [5, 5.41) is 10.9. The number of carbonyl (C=O) groups is 1. The van der Waals surface area contributed by atoms with Crippen molar-refractivity contribution in [3.8, 4) is 11.6 Å². The summed E-state index contributed by atoms with van der Waals surface area (Å²) in [6.45, 7) is 0.632. The van der Waals surface area contributed by atoms with Gasteiger partial charge in [-0.3, -0.25) is 4.79 Å². The first-order chi connectivity index (χ1) is 13.4. The Bertz CT molecular complexity index is 969. The summed E-state index contributed by atoms with van der Waals surface area (Å²) < 4.78 is 44.6. The van der Waals surface area contributed by atoms with Crippen LogP contribution in [0.3, 0.4) is 0 Å².